The maximum absolute atomic E-state index is 13.3. The first kappa shape index (κ1) is 17.5. The molecule has 2 aromatic carbocycles. The first-order chi connectivity index (χ1) is 14.8. The molecular weight excluding hydrogens is 402 g/mol. The lowest BCUT2D eigenvalue weighted by Crippen LogP contribution is -2.36. The Hall–Kier alpha value is -3.33. The van der Waals surface area contributed by atoms with Crippen LogP contribution in [0.4, 0.5) is 5.69 Å². The number of carbonyl (C=O) groups excluding carboxylic acids is 1. The van der Waals surface area contributed by atoms with Crippen molar-refractivity contribution in [2.75, 3.05) is 12.1 Å². The van der Waals surface area contributed by atoms with Crippen LogP contribution in [0.3, 0.4) is 0 Å². The molecule has 0 unspecified atom stereocenters. The van der Waals surface area contributed by atoms with Crippen molar-refractivity contribution < 1.29 is 14.3 Å². The molecule has 8 nitrogen and oxygen atoms in total. The van der Waals surface area contributed by atoms with Crippen LogP contribution in [0, 0.1) is 0 Å². The van der Waals surface area contributed by atoms with E-state index in [1.54, 1.807) is 22.9 Å². The molecular formula is C21H17N5O3S. The van der Waals surface area contributed by atoms with Gasteiger partial charge in [0.2, 0.25) is 17.9 Å². The van der Waals surface area contributed by atoms with Crippen LogP contribution in [-0.2, 0) is 4.79 Å². The van der Waals surface area contributed by atoms with Gasteiger partial charge in [0.25, 0.3) is 0 Å². The van der Waals surface area contributed by atoms with Crippen molar-refractivity contribution >= 4 is 29.1 Å². The number of hydrogen-bond acceptors (Lipinski definition) is 7. The number of amides is 1. The quantitative estimate of drug-likeness (QED) is 0.698. The SMILES string of the molecule is O=C(Nc1ccc2c(c1)OCO2)[C@H]1Sc2nnc(C3CC3)n2N=C1c1ccccc1. The average molecular weight is 419 g/mol. The van der Waals surface area contributed by atoms with Crippen LogP contribution in [0.1, 0.15) is 30.1 Å². The van der Waals surface area contributed by atoms with Crippen LogP contribution in [0.15, 0.2) is 58.8 Å². The van der Waals surface area contributed by atoms with Gasteiger partial charge in [-0.3, -0.25) is 4.79 Å². The van der Waals surface area contributed by atoms with Crippen LogP contribution in [0.25, 0.3) is 0 Å². The molecule has 3 aromatic rings. The van der Waals surface area contributed by atoms with E-state index in [1.807, 2.05) is 30.3 Å². The Kier molecular flexibility index (Phi) is 4.02. The highest BCUT2D eigenvalue weighted by molar-refractivity contribution is 8.01. The van der Waals surface area contributed by atoms with E-state index in [-0.39, 0.29) is 12.7 Å². The summed E-state index contributed by atoms with van der Waals surface area (Å²) < 4.78 is 12.5. The molecule has 3 heterocycles. The molecule has 1 atom stereocenters. The Bertz CT molecular complexity index is 1170. The Morgan fingerprint density at radius 1 is 1.07 bits per heavy atom. The summed E-state index contributed by atoms with van der Waals surface area (Å²) in [6, 6.07) is 15.1. The second-order valence-corrected chi connectivity index (χ2v) is 8.41. The van der Waals surface area contributed by atoms with Gasteiger partial charge in [0.1, 0.15) is 5.25 Å². The Morgan fingerprint density at radius 3 is 2.73 bits per heavy atom. The van der Waals surface area contributed by atoms with Gasteiger partial charge in [-0.05, 0) is 30.5 Å². The molecule has 0 spiro atoms. The van der Waals surface area contributed by atoms with Gasteiger partial charge in [0, 0.05) is 17.7 Å². The maximum atomic E-state index is 13.3. The number of nitrogens with one attached hydrogen (secondary N) is 1. The highest BCUT2D eigenvalue weighted by Crippen LogP contribution is 2.42. The molecule has 1 amide bonds. The number of benzene rings is 2. The summed E-state index contributed by atoms with van der Waals surface area (Å²) in [4.78, 5) is 13.3. The number of hydrogen-bond donors (Lipinski definition) is 1. The number of rotatable bonds is 4. The van der Waals surface area contributed by atoms with Gasteiger partial charge in [-0.25, -0.2) is 0 Å². The first-order valence-electron chi connectivity index (χ1n) is 9.73. The van der Waals surface area contributed by atoms with Crippen LogP contribution in [-0.4, -0.2) is 38.5 Å². The minimum absolute atomic E-state index is 0.177. The zero-order chi connectivity index (χ0) is 20.1. The molecule has 1 saturated carbocycles. The molecule has 150 valence electrons. The van der Waals surface area contributed by atoms with E-state index in [4.69, 9.17) is 14.6 Å². The van der Waals surface area contributed by atoms with Gasteiger partial charge in [0.15, 0.2) is 17.3 Å². The van der Waals surface area contributed by atoms with Gasteiger partial charge in [-0.15, -0.1) is 10.2 Å². The summed E-state index contributed by atoms with van der Waals surface area (Å²) in [7, 11) is 0. The zero-order valence-electron chi connectivity index (χ0n) is 15.8. The van der Waals surface area contributed by atoms with Gasteiger partial charge in [-0.2, -0.15) is 9.78 Å². The van der Waals surface area contributed by atoms with Crippen molar-refractivity contribution in [3.05, 3.63) is 59.9 Å². The molecule has 1 N–H and O–H groups in total. The molecule has 0 saturated heterocycles. The standard InChI is InChI=1S/C21H17N5O3S/c27-20(22-14-8-9-15-16(10-14)29-11-28-15)18-17(12-4-2-1-3-5-12)25-26-19(13-6-7-13)23-24-21(26)30-18/h1-5,8-10,13,18H,6-7,11H2,(H,22,27)/t18-/m0/s1. The first-order valence-corrected chi connectivity index (χ1v) is 10.6. The average Bonchev–Trinajstić information content (AvgIpc) is 3.36. The summed E-state index contributed by atoms with van der Waals surface area (Å²) in [6.07, 6.45) is 2.21. The number of aromatic nitrogens is 3. The van der Waals surface area contributed by atoms with Crippen LogP contribution < -0.4 is 14.8 Å². The van der Waals surface area contributed by atoms with E-state index >= 15 is 0 Å². The summed E-state index contributed by atoms with van der Waals surface area (Å²) in [6.45, 7) is 0.189. The van der Waals surface area contributed by atoms with Crippen molar-refractivity contribution in [2.24, 2.45) is 5.10 Å². The van der Waals surface area contributed by atoms with Crippen molar-refractivity contribution in [3.63, 3.8) is 0 Å². The predicted molar refractivity (Wildman–Crippen MR) is 111 cm³/mol. The second kappa shape index (κ2) is 6.88. The van der Waals surface area contributed by atoms with Gasteiger partial charge >= 0.3 is 0 Å². The monoisotopic (exact) mass is 419 g/mol. The van der Waals surface area contributed by atoms with E-state index < -0.39 is 5.25 Å². The fraction of sp³-hybridized carbons (Fsp3) is 0.238. The summed E-state index contributed by atoms with van der Waals surface area (Å²) in [5.41, 5.74) is 2.23. The molecule has 1 fully saturated rings. The van der Waals surface area contributed by atoms with Crippen LogP contribution in [0.5, 0.6) is 11.5 Å². The van der Waals surface area contributed by atoms with Crippen molar-refractivity contribution in [2.45, 2.75) is 29.2 Å². The molecule has 30 heavy (non-hydrogen) atoms. The fourth-order valence-corrected chi connectivity index (χ4v) is 4.53. The molecule has 6 rings (SSSR count). The number of nitrogens with zero attached hydrogens (tertiary/aromatic N) is 4. The van der Waals surface area contributed by atoms with Crippen molar-refractivity contribution in [3.8, 4) is 11.5 Å². The maximum Gasteiger partial charge on any atom is 0.244 e. The second-order valence-electron chi connectivity index (χ2n) is 7.33. The van der Waals surface area contributed by atoms with Crippen molar-refractivity contribution in [1.29, 1.82) is 0 Å². The number of anilines is 1. The van der Waals surface area contributed by atoms with Gasteiger partial charge in [0.05, 0.1) is 5.71 Å². The summed E-state index contributed by atoms with van der Waals surface area (Å²) in [5, 5.41) is 16.5. The lowest BCUT2D eigenvalue weighted by atomic mass is 10.1. The zero-order valence-corrected chi connectivity index (χ0v) is 16.6. The van der Waals surface area contributed by atoms with Crippen molar-refractivity contribution in [1.82, 2.24) is 14.9 Å². The van der Waals surface area contributed by atoms with Gasteiger partial charge in [-0.1, -0.05) is 42.1 Å². The summed E-state index contributed by atoms with van der Waals surface area (Å²) >= 11 is 1.37. The number of carbonyl (C=O) groups is 1. The Labute approximate surface area is 176 Å². The van der Waals surface area contributed by atoms with E-state index in [9.17, 15) is 4.79 Å². The Balaban J connectivity index is 1.34. The minimum Gasteiger partial charge on any atom is -0.454 e. The third kappa shape index (κ3) is 3.02. The summed E-state index contributed by atoms with van der Waals surface area (Å²) in [5.74, 6) is 2.40. The van der Waals surface area contributed by atoms with E-state index in [0.29, 0.717) is 34.0 Å². The van der Waals surface area contributed by atoms with Crippen LogP contribution >= 0.6 is 11.8 Å². The number of fused-ring (bicyclic) bond motifs is 2. The van der Waals surface area contributed by atoms with Crippen LogP contribution in [0.2, 0.25) is 0 Å². The highest BCUT2D eigenvalue weighted by atomic mass is 32.2. The molecule has 1 aliphatic carbocycles. The molecule has 1 aromatic heterocycles. The molecule has 0 radical (unpaired) electrons. The number of ether oxygens (including phenoxy) is 2. The molecule has 9 heteroatoms. The highest BCUT2D eigenvalue weighted by Gasteiger charge is 2.37. The largest absolute Gasteiger partial charge is 0.454 e. The predicted octanol–water partition coefficient (Wildman–Crippen LogP) is 3.25. The van der Waals surface area contributed by atoms with E-state index in [0.717, 1.165) is 24.2 Å². The van der Waals surface area contributed by atoms with E-state index in [1.165, 1.54) is 11.8 Å². The molecule has 3 aliphatic rings. The smallest absolute Gasteiger partial charge is 0.244 e. The molecule has 2 aliphatic heterocycles. The fourth-order valence-electron chi connectivity index (χ4n) is 3.54. The van der Waals surface area contributed by atoms with Gasteiger partial charge < -0.3 is 14.8 Å². The third-order valence-corrected chi connectivity index (χ3v) is 6.34. The normalized spacial score (nSPS) is 19.2. The molecule has 0 bridgehead atoms. The Morgan fingerprint density at radius 2 is 1.90 bits per heavy atom. The lowest BCUT2D eigenvalue weighted by molar-refractivity contribution is -0.114. The third-order valence-electron chi connectivity index (χ3n) is 5.21. The minimum atomic E-state index is -0.554. The number of thioether (sulfide) groups is 1. The lowest BCUT2D eigenvalue weighted by Gasteiger charge is -2.22. The van der Waals surface area contributed by atoms with E-state index in [2.05, 4.69) is 15.5 Å². The topological polar surface area (TPSA) is 90.6 Å².